The second kappa shape index (κ2) is 16.4. The van der Waals surface area contributed by atoms with E-state index in [0.717, 1.165) is 16.7 Å². The van der Waals surface area contributed by atoms with Crippen LogP contribution in [0.15, 0.2) is 138 Å². The first-order chi connectivity index (χ1) is 24.1. The minimum atomic E-state index is -0.727. The predicted octanol–water partition coefficient (Wildman–Crippen LogP) is 8.91. The predicted molar refractivity (Wildman–Crippen MR) is 199 cm³/mol. The van der Waals surface area contributed by atoms with Gasteiger partial charge in [-0.1, -0.05) is 98.8 Å². The lowest BCUT2D eigenvalue weighted by Gasteiger charge is -2.18. The summed E-state index contributed by atoms with van der Waals surface area (Å²) in [5, 5.41) is 19.2. The molecular weight excluding hydrogens is 649 g/mol. The number of nitro groups is 1. The number of nitrogens with zero attached hydrogens (tertiary/aromatic N) is 1. The summed E-state index contributed by atoms with van der Waals surface area (Å²) >= 11 is 1.27. The molecule has 1 unspecified atom stereocenters. The van der Waals surface area contributed by atoms with Gasteiger partial charge >= 0.3 is 0 Å². The lowest BCUT2D eigenvalue weighted by molar-refractivity contribution is -0.384. The van der Waals surface area contributed by atoms with Crippen LogP contribution in [0, 0.1) is 17.0 Å². The van der Waals surface area contributed by atoms with Crippen molar-refractivity contribution in [3.05, 3.63) is 171 Å². The fourth-order valence-electron chi connectivity index (χ4n) is 5.03. The van der Waals surface area contributed by atoms with Crippen LogP contribution in [0.2, 0.25) is 0 Å². The van der Waals surface area contributed by atoms with Crippen molar-refractivity contribution in [2.75, 3.05) is 10.6 Å². The molecular formula is C40H36N4O5S. The second-order valence-corrected chi connectivity index (χ2v) is 13.0. The number of amides is 3. The molecule has 0 heterocycles. The third-order valence-electron chi connectivity index (χ3n) is 7.82. The van der Waals surface area contributed by atoms with Crippen LogP contribution in [-0.2, 0) is 9.59 Å². The third kappa shape index (κ3) is 9.33. The number of nitro benzene ring substituents is 1. The Bertz CT molecular complexity index is 2030. The van der Waals surface area contributed by atoms with Crippen molar-refractivity contribution in [3.8, 4) is 0 Å². The van der Waals surface area contributed by atoms with Gasteiger partial charge < -0.3 is 16.0 Å². The van der Waals surface area contributed by atoms with Gasteiger partial charge in [0.05, 0.1) is 10.6 Å². The van der Waals surface area contributed by atoms with Gasteiger partial charge in [0.15, 0.2) is 0 Å². The Labute approximate surface area is 295 Å². The fourth-order valence-corrected chi connectivity index (χ4v) is 6.11. The molecule has 3 amide bonds. The number of carbonyl (C=O) groups is 3. The topological polar surface area (TPSA) is 130 Å². The number of hydrogen-bond acceptors (Lipinski definition) is 6. The molecule has 0 aromatic heterocycles. The van der Waals surface area contributed by atoms with E-state index in [1.807, 2.05) is 66.7 Å². The van der Waals surface area contributed by atoms with E-state index in [-0.39, 0.29) is 17.3 Å². The molecule has 5 rings (SSSR count). The number of thioether (sulfide) groups is 1. The molecule has 0 fully saturated rings. The highest BCUT2D eigenvalue weighted by atomic mass is 32.2. The average Bonchev–Trinajstić information content (AvgIpc) is 3.12. The van der Waals surface area contributed by atoms with Crippen molar-refractivity contribution in [1.82, 2.24) is 5.32 Å². The van der Waals surface area contributed by atoms with Gasteiger partial charge in [-0.05, 0) is 71.5 Å². The molecule has 0 saturated carbocycles. The quantitative estimate of drug-likeness (QED) is 0.0521. The maximum atomic E-state index is 13.7. The first-order valence-corrected chi connectivity index (χ1v) is 16.8. The molecule has 5 aromatic carbocycles. The molecule has 3 N–H and O–H groups in total. The summed E-state index contributed by atoms with van der Waals surface area (Å²) in [4.78, 5) is 52.1. The lowest BCUT2D eigenvalue weighted by atomic mass is 10.0. The van der Waals surface area contributed by atoms with E-state index in [1.165, 1.54) is 23.9 Å². The van der Waals surface area contributed by atoms with Crippen LogP contribution in [0.1, 0.15) is 57.6 Å². The maximum absolute atomic E-state index is 13.7. The number of carbonyl (C=O) groups excluding carboxylic acids is 3. The van der Waals surface area contributed by atoms with E-state index in [4.69, 9.17) is 0 Å². The second-order valence-electron chi connectivity index (χ2n) is 11.8. The van der Waals surface area contributed by atoms with Crippen LogP contribution in [0.4, 0.5) is 17.1 Å². The summed E-state index contributed by atoms with van der Waals surface area (Å²) in [6.45, 7) is 5.97. The van der Waals surface area contributed by atoms with Crippen LogP contribution >= 0.6 is 11.8 Å². The summed E-state index contributed by atoms with van der Waals surface area (Å²) in [6, 6.07) is 37.0. The van der Waals surface area contributed by atoms with E-state index < -0.39 is 22.0 Å². The van der Waals surface area contributed by atoms with Gasteiger partial charge in [0, 0.05) is 28.3 Å². The number of rotatable bonds is 12. The van der Waals surface area contributed by atoms with Crippen molar-refractivity contribution in [2.45, 2.75) is 36.8 Å². The molecule has 0 aliphatic heterocycles. The summed E-state index contributed by atoms with van der Waals surface area (Å²) in [5.41, 5.74) is 4.45. The molecule has 252 valence electrons. The van der Waals surface area contributed by atoms with Crippen molar-refractivity contribution in [2.24, 2.45) is 0 Å². The number of benzene rings is 5. The Morgan fingerprint density at radius 2 is 1.44 bits per heavy atom. The molecule has 0 aliphatic rings. The van der Waals surface area contributed by atoms with Gasteiger partial charge in [0.2, 0.25) is 5.91 Å². The summed E-state index contributed by atoms with van der Waals surface area (Å²) in [7, 11) is 0. The van der Waals surface area contributed by atoms with Crippen LogP contribution in [-0.4, -0.2) is 22.6 Å². The smallest absolute Gasteiger partial charge is 0.272 e. The Morgan fingerprint density at radius 1 is 0.760 bits per heavy atom. The van der Waals surface area contributed by atoms with E-state index in [9.17, 15) is 24.5 Å². The maximum Gasteiger partial charge on any atom is 0.272 e. The Hall–Kier alpha value is -6.00. The Morgan fingerprint density at radius 3 is 2.10 bits per heavy atom. The van der Waals surface area contributed by atoms with Gasteiger partial charge in [0.25, 0.3) is 17.5 Å². The SMILES string of the molecule is Cc1ccc([N+](=O)[O-])cc1NC(=O)C(Sc1cccc(NC(=O)/C(=C\c2ccc(C(C)C)cc2)NC(=O)c2ccccc2)c1)c1ccccc1. The van der Waals surface area contributed by atoms with Gasteiger partial charge in [0.1, 0.15) is 10.9 Å². The van der Waals surface area contributed by atoms with Gasteiger partial charge in [-0.25, -0.2) is 0 Å². The number of aryl methyl sites for hydroxylation is 1. The molecule has 0 aliphatic carbocycles. The molecule has 10 heteroatoms. The van der Waals surface area contributed by atoms with Crippen molar-refractivity contribution in [3.63, 3.8) is 0 Å². The summed E-state index contributed by atoms with van der Waals surface area (Å²) in [6.07, 6.45) is 1.63. The first-order valence-electron chi connectivity index (χ1n) is 15.9. The van der Waals surface area contributed by atoms with E-state index in [0.29, 0.717) is 33.3 Å². The summed E-state index contributed by atoms with van der Waals surface area (Å²) < 4.78 is 0. The molecule has 50 heavy (non-hydrogen) atoms. The molecule has 9 nitrogen and oxygen atoms in total. The zero-order valence-electron chi connectivity index (χ0n) is 27.8. The van der Waals surface area contributed by atoms with Crippen molar-refractivity contribution >= 4 is 52.6 Å². The summed E-state index contributed by atoms with van der Waals surface area (Å²) in [5.74, 6) is -0.972. The minimum absolute atomic E-state index is 0.0584. The van der Waals surface area contributed by atoms with Crippen LogP contribution in [0.5, 0.6) is 0 Å². The zero-order valence-corrected chi connectivity index (χ0v) is 28.6. The average molecular weight is 685 g/mol. The molecule has 0 bridgehead atoms. The number of anilines is 2. The van der Waals surface area contributed by atoms with Gasteiger partial charge in [-0.2, -0.15) is 0 Å². The Balaban J connectivity index is 1.39. The van der Waals surface area contributed by atoms with Gasteiger partial charge in [-0.3, -0.25) is 24.5 Å². The molecule has 1 atom stereocenters. The van der Waals surface area contributed by atoms with Crippen LogP contribution in [0.25, 0.3) is 6.08 Å². The van der Waals surface area contributed by atoms with E-state index >= 15 is 0 Å². The van der Waals surface area contributed by atoms with Crippen molar-refractivity contribution < 1.29 is 19.3 Å². The third-order valence-corrected chi connectivity index (χ3v) is 9.07. The highest BCUT2D eigenvalue weighted by Gasteiger charge is 2.24. The highest BCUT2D eigenvalue weighted by molar-refractivity contribution is 8.00. The van der Waals surface area contributed by atoms with Crippen LogP contribution in [0.3, 0.4) is 0 Å². The van der Waals surface area contributed by atoms with Crippen LogP contribution < -0.4 is 16.0 Å². The molecule has 0 saturated heterocycles. The molecule has 5 aromatic rings. The largest absolute Gasteiger partial charge is 0.324 e. The number of non-ortho nitro benzene ring substituents is 1. The Kier molecular flexibility index (Phi) is 11.6. The first kappa shape index (κ1) is 35.3. The highest BCUT2D eigenvalue weighted by Crippen LogP contribution is 2.38. The standard InChI is InChI=1S/C40H36N4O5S/c1-26(2)29-20-18-28(19-21-29)23-36(43-38(45)31-13-8-5-9-14-31)39(46)41-32-15-10-16-34(24-32)50-37(30-11-6-4-7-12-30)40(47)42-35-25-33(44(48)49)22-17-27(35)3/h4-26,37H,1-3H3,(H,41,46)(H,42,47)(H,43,45)/b36-23+. The van der Waals surface area contributed by atoms with Crippen molar-refractivity contribution in [1.29, 1.82) is 0 Å². The number of nitrogens with one attached hydrogen (secondary N) is 3. The van der Waals surface area contributed by atoms with E-state index in [1.54, 1.807) is 61.5 Å². The molecule has 0 spiro atoms. The lowest BCUT2D eigenvalue weighted by Crippen LogP contribution is -2.30. The normalized spacial score (nSPS) is 11.8. The molecule has 0 radical (unpaired) electrons. The number of hydrogen-bond donors (Lipinski definition) is 3. The fraction of sp³-hybridized carbons (Fsp3) is 0.125. The minimum Gasteiger partial charge on any atom is -0.324 e. The monoisotopic (exact) mass is 684 g/mol. The zero-order chi connectivity index (χ0) is 35.6. The van der Waals surface area contributed by atoms with E-state index in [2.05, 4.69) is 29.8 Å². The van der Waals surface area contributed by atoms with Gasteiger partial charge in [-0.15, -0.1) is 11.8 Å².